The fourth-order valence-corrected chi connectivity index (χ4v) is 2.23. The highest BCUT2D eigenvalue weighted by molar-refractivity contribution is 6.30. The molecule has 1 amide bonds. The molecule has 0 heterocycles. The normalized spacial score (nSPS) is 10.2. The first-order chi connectivity index (χ1) is 10.1. The average molecular weight is 303 g/mol. The molecule has 21 heavy (non-hydrogen) atoms. The van der Waals surface area contributed by atoms with Crippen LogP contribution >= 0.6 is 11.6 Å². The minimum Gasteiger partial charge on any atom is -0.384 e. The van der Waals surface area contributed by atoms with E-state index in [1.54, 1.807) is 12.1 Å². The summed E-state index contributed by atoms with van der Waals surface area (Å²) in [6, 6.07) is 13.3. The molecule has 0 saturated carbocycles. The number of hydrogen-bond acceptors (Lipinski definition) is 2. The van der Waals surface area contributed by atoms with Gasteiger partial charge in [-0.3, -0.25) is 4.79 Å². The summed E-state index contributed by atoms with van der Waals surface area (Å²) in [7, 11) is 0. The minimum absolute atomic E-state index is 0.0323. The van der Waals surface area contributed by atoms with E-state index < -0.39 is 0 Å². The van der Waals surface area contributed by atoms with Crippen molar-refractivity contribution in [3.8, 4) is 0 Å². The Morgan fingerprint density at radius 2 is 1.90 bits per heavy atom. The number of benzene rings is 2. The molecule has 0 atom stereocenters. The van der Waals surface area contributed by atoms with Gasteiger partial charge in [-0.2, -0.15) is 0 Å². The van der Waals surface area contributed by atoms with Crippen LogP contribution in [0.4, 0.5) is 11.4 Å². The zero-order valence-electron chi connectivity index (χ0n) is 12.2. The average Bonchev–Trinajstić information content (AvgIpc) is 2.43. The number of aryl methyl sites for hydroxylation is 1. The molecule has 0 spiro atoms. The van der Waals surface area contributed by atoms with Gasteiger partial charge in [0.05, 0.1) is 0 Å². The van der Waals surface area contributed by atoms with Crippen LogP contribution in [0.5, 0.6) is 0 Å². The SMILES string of the molecule is Cc1cccc(NCCC(=O)Nc2cccc(Cl)c2)c1C. The maximum absolute atomic E-state index is 11.9. The van der Waals surface area contributed by atoms with Crippen molar-refractivity contribution < 1.29 is 4.79 Å². The summed E-state index contributed by atoms with van der Waals surface area (Å²) in [4.78, 5) is 11.9. The summed E-state index contributed by atoms with van der Waals surface area (Å²) in [6.07, 6.45) is 0.403. The summed E-state index contributed by atoms with van der Waals surface area (Å²) < 4.78 is 0. The third-order valence-electron chi connectivity index (χ3n) is 3.38. The maximum Gasteiger partial charge on any atom is 0.226 e. The Kier molecular flexibility index (Phi) is 5.23. The van der Waals surface area contributed by atoms with Gasteiger partial charge in [0.15, 0.2) is 0 Å². The molecule has 4 heteroatoms. The first-order valence-corrected chi connectivity index (χ1v) is 7.29. The van der Waals surface area contributed by atoms with E-state index in [1.807, 2.05) is 24.3 Å². The van der Waals surface area contributed by atoms with E-state index >= 15 is 0 Å². The Labute approximate surface area is 130 Å². The van der Waals surface area contributed by atoms with E-state index in [0.717, 1.165) is 11.4 Å². The number of carbonyl (C=O) groups is 1. The van der Waals surface area contributed by atoms with Gasteiger partial charge in [-0.25, -0.2) is 0 Å². The monoisotopic (exact) mass is 302 g/mol. The Morgan fingerprint density at radius 1 is 1.14 bits per heavy atom. The number of rotatable bonds is 5. The van der Waals surface area contributed by atoms with Gasteiger partial charge in [-0.15, -0.1) is 0 Å². The van der Waals surface area contributed by atoms with E-state index in [2.05, 4.69) is 30.5 Å². The molecule has 2 rings (SSSR count). The highest BCUT2D eigenvalue weighted by Gasteiger charge is 2.04. The van der Waals surface area contributed by atoms with Gasteiger partial charge < -0.3 is 10.6 Å². The Balaban J connectivity index is 1.83. The molecular weight excluding hydrogens is 284 g/mol. The van der Waals surface area contributed by atoms with Crippen LogP contribution in [-0.2, 0) is 4.79 Å². The lowest BCUT2D eigenvalue weighted by Gasteiger charge is -2.11. The zero-order valence-corrected chi connectivity index (χ0v) is 13.0. The lowest BCUT2D eigenvalue weighted by molar-refractivity contribution is -0.115. The topological polar surface area (TPSA) is 41.1 Å². The van der Waals surface area contributed by atoms with Crippen LogP contribution in [-0.4, -0.2) is 12.5 Å². The maximum atomic E-state index is 11.9. The van der Waals surface area contributed by atoms with Crippen molar-refractivity contribution in [2.24, 2.45) is 0 Å². The molecule has 0 aliphatic carbocycles. The lowest BCUT2D eigenvalue weighted by Crippen LogP contribution is -2.16. The summed E-state index contributed by atoms with van der Waals surface area (Å²) >= 11 is 5.88. The lowest BCUT2D eigenvalue weighted by atomic mass is 10.1. The first kappa shape index (κ1) is 15.4. The Bertz CT molecular complexity index is 640. The number of amides is 1. The van der Waals surface area contributed by atoms with E-state index in [4.69, 9.17) is 11.6 Å². The molecule has 0 unspecified atom stereocenters. The second-order valence-electron chi connectivity index (χ2n) is 4.98. The standard InChI is InChI=1S/C17H19ClN2O/c1-12-5-3-8-16(13(12)2)19-10-9-17(21)20-15-7-4-6-14(18)11-15/h3-8,11,19H,9-10H2,1-2H3,(H,20,21). The van der Waals surface area contributed by atoms with Crippen LogP contribution in [0.1, 0.15) is 17.5 Å². The number of carbonyl (C=O) groups excluding carboxylic acids is 1. The zero-order chi connectivity index (χ0) is 15.2. The second kappa shape index (κ2) is 7.14. The van der Waals surface area contributed by atoms with Crippen molar-refractivity contribution in [2.75, 3.05) is 17.2 Å². The molecule has 0 bridgehead atoms. The predicted octanol–water partition coefficient (Wildman–Crippen LogP) is 4.40. The smallest absolute Gasteiger partial charge is 0.226 e. The molecule has 2 aromatic carbocycles. The van der Waals surface area contributed by atoms with Crippen LogP contribution in [0.15, 0.2) is 42.5 Å². The molecular formula is C17H19ClN2O. The fraction of sp³-hybridized carbons (Fsp3) is 0.235. The molecule has 0 aromatic heterocycles. The molecule has 3 nitrogen and oxygen atoms in total. The van der Waals surface area contributed by atoms with Gasteiger partial charge in [-0.05, 0) is 49.2 Å². The number of anilines is 2. The first-order valence-electron chi connectivity index (χ1n) is 6.92. The van der Waals surface area contributed by atoms with Crippen LogP contribution in [0.3, 0.4) is 0 Å². The van der Waals surface area contributed by atoms with Gasteiger partial charge in [0, 0.05) is 29.4 Å². The summed E-state index contributed by atoms with van der Waals surface area (Å²) in [6.45, 7) is 4.74. The summed E-state index contributed by atoms with van der Waals surface area (Å²) in [5, 5.41) is 6.74. The van der Waals surface area contributed by atoms with Gasteiger partial charge in [0.1, 0.15) is 0 Å². The molecule has 110 valence electrons. The molecule has 0 fully saturated rings. The molecule has 2 N–H and O–H groups in total. The van der Waals surface area contributed by atoms with E-state index in [1.165, 1.54) is 11.1 Å². The second-order valence-corrected chi connectivity index (χ2v) is 5.42. The van der Waals surface area contributed by atoms with Crippen molar-refractivity contribution in [1.82, 2.24) is 0 Å². The quantitative estimate of drug-likeness (QED) is 0.859. The molecule has 0 saturated heterocycles. The Hall–Kier alpha value is -2.00. The van der Waals surface area contributed by atoms with Crippen molar-refractivity contribution in [3.63, 3.8) is 0 Å². The van der Waals surface area contributed by atoms with Gasteiger partial charge in [0.2, 0.25) is 5.91 Å². The Morgan fingerprint density at radius 3 is 2.67 bits per heavy atom. The van der Waals surface area contributed by atoms with E-state index in [0.29, 0.717) is 18.0 Å². The number of nitrogens with one attached hydrogen (secondary N) is 2. The summed E-state index contributed by atoms with van der Waals surface area (Å²) in [5.41, 5.74) is 4.25. The van der Waals surface area contributed by atoms with Crippen LogP contribution in [0.25, 0.3) is 0 Å². The summed E-state index contributed by atoms with van der Waals surface area (Å²) in [5.74, 6) is -0.0323. The van der Waals surface area contributed by atoms with Crippen LogP contribution < -0.4 is 10.6 Å². The van der Waals surface area contributed by atoms with Crippen molar-refractivity contribution in [2.45, 2.75) is 20.3 Å². The van der Waals surface area contributed by atoms with Crippen LogP contribution in [0.2, 0.25) is 5.02 Å². The van der Waals surface area contributed by atoms with Crippen molar-refractivity contribution >= 4 is 28.9 Å². The molecule has 0 aliphatic rings. The largest absolute Gasteiger partial charge is 0.384 e. The fourth-order valence-electron chi connectivity index (χ4n) is 2.04. The van der Waals surface area contributed by atoms with E-state index in [9.17, 15) is 4.79 Å². The number of halogens is 1. The van der Waals surface area contributed by atoms with Crippen molar-refractivity contribution in [1.29, 1.82) is 0 Å². The van der Waals surface area contributed by atoms with Gasteiger partial charge >= 0.3 is 0 Å². The minimum atomic E-state index is -0.0323. The van der Waals surface area contributed by atoms with Gasteiger partial charge in [0.25, 0.3) is 0 Å². The molecule has 2 aromatic rings. The molecule has 0 aliphatic heterocycles. The van der Waals surface area contributed by atoms with Crippen molar-refractivity contribution in [3.05, 3.63) is 58.6 Å². The highest BCUT2D eigenvalue weighted by atomic mass is 35.5. The third-order valence-corrected chi connectivity index (χ3v) is 3.62. The predicted molar refractivity (Wildman–Crippen MR) is 89.1 cm³/mol. The highest BCUT2D eigenvalue weighted by Crippen LogP contribution is 2.18. The number of hydrogen-bond donors (Lipinski definition) is 2. The van der Waals surface area contributed by atoms with E-state index in [-0.39, 0.29) is 5.91 Å². The molecule has 0 radical (unpaired) electrons. The van der Waals surface area contributed by atoms with Crippen LogP contribution in [0, 0.1) is 13.8 Å². The third kappa shape index (κ3) is 4.50. The van der Waals surface area contributed by atoms with Gasteiger partial charge in [-0.1, -0.05) is 29.8 Å².